The van der Waals surface area contributed by atoms with Gasteiger partial charge in [-0.1, -0.05) is 17.3 Å². The van der Waals surface area contributed by atoms with Gasteiger partial charge in [-0.05, 0) is 57.7 Å². The van der Waals surface area contributed by atoms with Crippen LogP contribution >= 0.6 is 0 Å². The molecule has 2 saturated heterocycles. The molecule has 3 heterocycles. The summed E-state index contributed by atoms with van der Waals surface area (Å²) in [7, 11) is 0. The molecule has 2 aliphatic rings. The number of ether oxygens (including phenoxy) is 2. The summed E-state index contributed by atoms with van der Waals surface area (Å²) in [4.78, 5) is 18.6. The van der Waals surface area contributed by atoms with Gasteiger partial charge in [0.25, 0.3) is 5.89 Å². The van der Waals surface area contributed by atoms with E-state index in [1.54, 1.807) is 4.90 Å². The molecule has 2 aliphatic heterocycles. The van der Waals surface area contributed by atoms with Crippen LogP contribution in [-0.4, -0.2) is 53.0 Å². The van der Waals surface area contributed by atoms with Gasteiger partial charge < -0.3 is 18.9 Å². The fraction of sp³-hybridized carbons (Fsp3) is 0.591. The molecule has 4 rings (SSSR count). The Kier molecular flexibility index (Phi) is 5.58. The average molecular weight is 399 g/mol. The van der Waals surface area contributed by atoms with E-state index in [9.17, 15) is 4.79 Å². The van der Waals surface area contributed by atoms with Crippen LogP contribution in [0.15, 0.2) is 28.8 Å². The highest BCUT2D eigenvalue weighted by atomic mass is 16.6. The van der Waals surface area contributed by atoms with Crippen LogP contribution in [0.5, 0.6) is 0 Å². The maximum absolute atomic E-state index is 12.2. The van der Waals surface area contributed by atoms with Crippen molar-refractivity contribution in [2.24, 2.45) is 0 Å². The van der Waals surface area contributed by atoms with Gasteiger partial charge in [-0.25, -0.2) is 4.79 Å². The number of hydrogen-bond acceptors (Lipinski definition) is 6. The maximum Gasteiger partial charge on any atom is 0.410 e. The molecular weight excluding hydrogens is 370 g/mol. The zero-order valence-corrected chi connectivity index (χ0v) is 17.4. The Morgan fingerprint density at radius 2 is 1.97 bits per heavy atom. The van der Waals surface area contributed by atoms with E-state index in [2.05, 4.69) is 22.3 Å². The van der Waals surface area contributed by atoms with Crippen LogP contribution < -0.4 is 0 Å². The molecule has 7 nitrogen and oxygen atoms in total. The van der Waals surface area contributed by atoms with Gasteiger partial charge in [0, 0.05) is 37.1 Å². The average Bonchev–Trinajstić information content (AvgIpc) is 3.39. The molecule has 1 amide bonds. The summed E-state index contributed by atoms with van der Waals surface area (Å²) in [6.07, 6.45) is 2.40. The second kappa shape index (κ2) is 8.14. The number of carbonyl (C=O) groups is 1. The third-order valence-corrected chi connectivity index (χ3v) is 5.49. The van der Waals surface area contributed by atoms with Gasteiger partial charge in [0.1, 0.15) is 5.60 Å². The van der Waals surface area contributed by atoms with E-state index in [1.165, 1.54) is 5.56 Å². The topological polar surface area (TPSA) is 77.7 Å². The van der Waals surface area contributed by atoms with Gasteiger partial charge in [0.2, 0.25) is 0 Å². The van der Waals surface area contributed by atoms with Gasteiger partial charge >= 0.3 is 6.09 Å². The maximum atomic E-state index is 12.2. The molecule has 2 fully saturated rings. The lowest BCUT2D eigenvalue weighted by molar-refractivity contribution is 0.0203. The molecular formula is C22H29N3O4. The first kappa shape index (κ1) is 19.9. The largest absolute Gasteiger partial charge is 0.444 e. The number of amides is 1. The van der Waals surface area contributed by atoms with E-state index in [4.69, 9.17) is 14.0 Å². The number of nitrogens with zero attached hydrogens (tertiary/aromatic N) is 3. The van der Waals surface area contributed by atoms with E-state index in [0.717, 1.165) is 43.9 Å². The lowest BCUT2D eigenvalue weighted by Gasteiger charge is -2.32. The quantitative estimate of drug-likeness (QED) is 0.763. The van der Waals surface area contributed by atoms with Crippen molar-refractivity contribution in [3.8, 4) is 11.5 Å². The van der Waals surface area contributed by atoms with Crippen LogP contribution in [0.2, 0.25) is 0 Å². The zero-order valence-electron chi connectivity index (χ0n) is 17.4. The summed E-state index contributed by atoms with van der Waals surface area (Å²) in [6.45, 7) is 8.52. The summed E-state index contributed by atoms with van der Waals surface area (Å²) < 4.78 is 16.5. The van der Waals surface area contributed by atoms with Gasteiger partial charge in [0.15, 0.2) is 5.82 Å². The Hall–Kier alpha value is -2.41. The molecule has 0 unspecified atom stereocenters. The molecule has 1 aromatic heterocycles. The predicted octanol–water partition coefficient (Wildman–Crippen LogP) is 4.36. The third-order valence-electron chi connectivity index (χ3n) is 5.49. The first-order valence-electron chi connectivity index (χ1n) is 10.4. The number of likely N-dealkylation sites (tertiary alicyclic amines) is 1. The SMILES string of the molecule is CC(C)(C)OC(=O)N1CCC(c2noc(-c3cccc([C@@H]4CCOC4)c3)n2)CC1. The van der Waals surface area contributed by atoms with Crippen molar-refractivity contribution in [3.63, 3.8) is 0 Å². The highest BCUT2D eigenvalue weighted by Gasteiger charge is 2.30. The highest BCUT2D eigenvalue weighted by Crippen LogP contribution is 2.31. The van der Waals surface area contributed by atoms with Crippen molar-refractivity contribution in [2.75, 3.05) is 26.3 Å². The molecule has 7 heteroatoms. The molecule has 2 aromatic rings. The van der Waals surface area contributed by atoms with Crippen LogP contribution in [0.1, 0.15) is 63.3 Å². The van der Waals surface area contributed by atoms with E-state index < -0.39 is 5.60 Å². The van der Waals surface area contributed by atoms with Crippen molar-refractivity contribution in [1.29, 1.82) is 0 Å². The summed E-state index contributed by atoms with van der Waals surface area (Å²) >= 11 is 0. The summed E-state index contributed by atoms with van der Waals surface area (Å²) in [5.41, 5.74) is 1.72. The lowest BCUT2D eigenvalue weighted by Crippen LogP contribution is -2.41. The van der Waals surface area contributed by atoms with Crippen molar-refractivity contribution >= 4 is 6.09 Å². The molecule has 0 spiro atoms. The second-order valence-electron chi connectivity index (χ2n) is 8.89. The predicted molar refractivity (Wildman–Crippen MR) is 108 cm³/mol. The molecule has 0 radical (unpaired) electrons. The number of piperidine rings is 1. The van der Waals surface area contributed by atoms with Gasteiger partial charge in [-0.2, -0.15) is 4.98 Å². The normalized spacial score (nSPS) is 20.8. The van der Waals surface area contributed by atoms with Gasteiger partial charge in [0.05, 0.1) is 6.61 Å². The fourth-order valence-electron chi connectivity index (χ4n) is 3.89. The van der Waals surface area contributed by atoms with E-state index >= 15 is 0 Å². The number of carbonyl (C=O) groups excluding carboxylic acids is 1. The number of rotatable bonds is 3. The Morgan fingerprint density at radius 1 is 1.17 bits per heavy atom. The number of hydrogen-bond donors (Lipinski definition) is 0. The van der Waals surface area contributed by atoms with Crippen molar-refractivity contribution < 1.29 is 18.8 Å². The van der Waals surface area contributed by atoms with Crippen LogP contribution in [0.3, 0.4) is 0 Å². The monoisotopic (exact) mass is 399 g/mol. The Labute approximate surface area is 171 Å². The van der Waals surface area contributed by atoms with Crippen molar-refractivity contribution in [1.82, 2.24) is 15.0 Å². The van der Waals surface area contributed by atoms with E-state index in [0.29, 0.717) is 24.9 Å². The van der Waals surface area contributed by atoms with E-state index in [1.807, 2.05) is 32.9 Å². The minimum absolute atomic E-state index is 0.192. The first-order valence-corrected chi connectivity index (χ1v) is 10.4. The van der Waals surface area contributed by atoms with Crippen molar-refractivity contribution in [2.45, 2.75) is 57.5 Å². The highest BCUT2D eigenvalue weighted by molar-refractivity contribution is 5.68. The second-order valence-corrected chi connectivity index (χ2v) is 8.89. The smallest absolute Gasteiger partial charge is 0.410 e. The summed E-state index contributed by atoms with van der Waals surface area (Å²) in [5, 5.41) is 4.23. The molecule has 156 valence electrons. The molecule has 29 heavy (non-hydrogen) atoms. The molecule has 0 saturated carbocycles. The third kappa shape index (κ3) is 4.78. The Balaban J connectivity index is 1.39. The number of benzene rings is 1. The number of aromatic nitrogens is 2. The van der Waals surface area contributed by atoms with Crippen LogP contribution in [0.25, 0.3) is 11.5 Å². The summed E-state index contributed by atoms with van der Waals surface area (Å²) in [6, 6.07) is 8.29. The molecule has 0 N–H and O–H groups in total. The lowest BCUT2D eigenvalue weighted by atomic mass is 9.96. The molecule has 0 aliphatic carbocycles. The molecule has 1 aromatic carbocycles. The minimum Gasteiger partial charge on any atom is -0.444 e. The summed E-state index contributed by atoms with van der Waals surface area (Å²) in [5.74, 6) is 1.90. The van der Waals surface area contributed by atoms with E-state index in [-0.39, 0.29) is 12.0 Å². The van der Waals surface area contributed by atoms with Crippen LogP contribution in [0, 0.1) is 0 Å². The first-order chi connectivity index (χ1) is 13.9. The molecule has 1 atom stereocenters. The van der Waals surface area contributed by atoms with Gasteiger partial charge in [-0.3, -0.25) is 0 Å². The molecule has 0 bridgehead atoms. The van der Waals surface area contributed by atoms with Gasteiger partial charge in [-0.15, -0.1) is 0 Å². The van der Waals surface area contributed by atoms with Crippen molar-refractivity contribution in [3.05, 3.63) is 35.7 Å². The Morgan fingerprint density at radius 3 is 2.66 bits per heavy atom. The van der Waals surface area contributed by atoms with Crippen LogP contribution in [-0.2, 0) is 9.47 Å². The fourth-order valence-corrected chi connectivity index (χ4v) is 3.89. The zero-order chi connectivity index (χ0) is 20.4. The minimum atomic E-state index is -0.477. The standard InChI is InChI=1S/C22H29N3O4/c1-22(2,3)28-21(26)25-10-7-15(8-11-25)19-23-20(29-24-19)17-6-4-5-16(13-17)18-9-12-27-14-18/h4-6,13,15,18H,7-12,14H2,1-3H3/t18-/m1/s1. The Bertz CT molecular complexity index is 844. The van der Waals surface area contributed by atoms with Crippen LogP contribution in [0.4, 0.5) is 4.79 Å².